The fraction of sp³-hybridized carbons (Fsp3) is 0.600. The molecule has 1 aromatic heterocycles. The highest BCUT2D eigenvalue weighted by Gasteiger charge is 2.34. The Labute approximate surface area is 88.3 Å². The lowest BCUT2D eigenvalue weighted by Crippen LogP contribution is -2.43. The molecule has 2 N–H and O–H groups in total. The molecule has 3 rings (SSSR count). The van der Waals surface area contributed by atoms with Gasteiger partial charge in [0.25, 0.3) is 0 Å². The maximum absolute atomic E-state index is 5.75. The minimum Gasteiger partial charge on any atom is -0.396 e. The van der Waals surface area contributed by atoms with Crippen LogP contribution in [-0.4, -0.2) is 35.3 Å². The van der Waals surface area contributed by atoms with Crippen LogP contribution in [0.5, 0.6) is 0 Å². The van der Waals surface area contributed by atoms with Gasteiger partial charge in [-0.2, -0.15) is 0 Å². The second-order valence-electron chi connectivity index (χ2n) is 4.18. The van der Waals surface area contributed by atoms with Gasteiger partial charge in [0.15, 0.2) is 0 Å². The molecule has 0 spiro atoms. The lowest BCUT2D eigenvalue weighted by molar-refractivity contribution is 0.0299. The van der Waals surface area contributed by atoms with Crippen LogP contribution in [0.2, 0.25) is 0 Å². The molecule has 2 atom stereocenters. The first-order valence-corrected chi connectivity index (χ1v) is 5.29. The Balaban J connectivity index is 1.80. The van der Waals surface area contributed by atoms with E-state index in [9.17, 15) is 0 Å². The third-order valence-corrected chi connectivity index (χ3v) is 2.98. The van der Waals surface area contributed by atoms with E-state index in [1.807, 2.05) is 0 Å². The smallest absolute Gasteiger partial charge is 0.225 e. The Morgan fingerprint density at radius 1 is 1.20 bits per heavy atom. The number of ether oxygens (including phenoxy) is 1. The maximum Gasteiger partial charge on any atom is 0.225 e. The minimum atomic E-state index is 0.366. The van der Waals surface area contributed by atoms with Crippen molar-refractivity contribution >= 4 is 11.6 Å². The number of hydrogen-bond acceptors (Lipinski definition) is 5. The van der Waals surface area contributed by atoms with Gasteiger partial charge in [-0.3, -0.25) is 0 Å². The Hall–Kier alpha value is -1.36. The van der Waals surface area contributed by atoms with E-state index in [-0.39, 0.29) is 0 Å². The predicted molar refractivity (Wildman–Crippen MR) is 56.6 cm³/mol. The maximum atomic E-state index is 5.75. The molecule has 2 fully saturated rings. The van der Waals surface area contributed by atoms with E-state index >= 15 is 0 Å². The van der Waals surface area contributed by atoms with Crippen LogP contribution in [0.3, 0.4) is 0 Å². The number of rotatable bonds is 1. The fourth-order valence-corrected chi connectivity index (χ4v) is 2.27. The van der Waals surface area contributed by atoms with Crippen molar-refractivity contribution in [1.29, 1.82) is 0 Å². The molecule has 1 aromatic rings. The Kier molecular flexibility index (Phi) is 1.98. The lowest BCUT2D eigenvalue weighted by atomic mass is 10.2. The Morgan fingerprint density at radius 3 is 2.40 bits per heavy atom. The second-order valence-corrected chi connectivity index (χ2v) is 4.18. The molecule has 3 heterocycles. The largest absolute Gasteiger partial charge is 0.396 e. The van der Waals surface area contributed by atoms with Crippen molar-refractivity contribution in [2.24, 2.45) is 0 Å². The molecule has 2 aliphatic rings. The number of anilines is 2. The molecule has 2 aliphatic heterocycles. The summed E-state index contributed by atoms with van der Waals surface area (Å²) in [7, 11) is 0. The summed E-state index contributed by atoms with van der Waals surface area (Å²) >= 11 is 0. The molecule has 5 heteroatoms. The molecule has 0 saturated carbocycles. The number of fused-ring (bicyclic) bond motifs is 2. The summed E-state index contributed by atoms with van der Waals surface area (Å²) < 4.78 is 5.75. The summed E-state index contributed by atoms with van der Waals surface area (Å²) in [5.74, 6) is 0.768. The molecule has 2 saturated heterocycles. The summed E-state index contributed by atoms with van der Waals surface area (Å²) in [4.78, 5) is 10.7. The van der Waals surface area contributed by atoms with Crippen LogP contribution in [0.1, 0.15) is 12.8 Å². The molecule has 0 amide bonds. The molecule has 0 aliphatic carbocycles. The zero-order valence-electron chi connectivity index (χ0n) is 8.47. The molecule has 80 valence electrons. The highest BCUT2D eigenvalue weighted by molar-refractivity contribution is 5.38. The van der Waals surface area contributed by atoms with Crippen molar-refractivity contribution < 1.29 is 4.74 Å². The van der Waals surface area contributed by atoms with E-state index < -0.39 is 0 Å². The fourth-order valence-electron chi connectivity index (χ4n) is 2.27. The monoisotopic (exact) mass is 206 g/mol. The van der Waals surface area contributed by atoms with Crippen LogP contribution in [0.4, 0.5) is 11.6 Å². The van der Waals surface area contributed by atoms with Crippen molar-refractivity contribution in [2.75, 3.05) is 23.7 Å². The first kappa shape index (κ1) is 8.91. The molecular formula is C10H14N4O. The topological polar surface area (TPSA) is 64.3 Å². The van der Waals surface area contributed by atoms with Gasteiger partial charge in [0.1, 0.15) is 0 Å². The third-order valence-electron chi connectivity index (χ3n) is 2.98. The molecule has 2 bridgehead atoms. The summed E-state index contributed by atoms with van der Waals surface area (Å²) in [5, 5.41) is 0. The molecular weight excluding hydrogens is 192 g/mol. The van der Waals surface area contributed by atoms with Gasteiger partial charge >= 0.3 is 0 Å². The van der Waals surface area contributed by atoms with Crippen LogP contribution in [0.15, 0.2) is 12.4 Å². The van der Waals surface area contributed by atoms with Crippen LogP contribution >= 0.6 is 0 Å². The van der Waals surface area contributed by atoms with Crippen LogP contribution in [-0.2, 0) is 4.74 Å². The van der Waals surface area contributed by atoms with Gasteiger partial charge in [0.2, 0.25) is 5.95 Å². The number of nitrogens with two attached hydrogens (primary N) is 1. The van der Waals surface area contributed by atoms with E-state index in [4.69, 9.17) is 10.5 Å². The van der Waals surface area contributed by atoms with Crippen LogP contribution in [0, 0.1) is 0 Å². The first-order valence-electron chi connectivity index (χ1n) is 5.29. The molecule has 5 nitrogen and oxygen atoms in total. The quantitative estimate of drug-likeness (QED) is 0.721. The zero-order chi connectivity index (χ0) is 10.3. The number of hydrogen-bond donors (Lipinski definition) is 1. The Morgan fingerprint density at radius 2 is 1.80 bits per heavy atom. The van der Waals surface area contributed by atoms with Crippen LogP contribution in [0.25, 0.3) is 0 Å². The van der Waals surface area contributed by atoms with Crippen molar-refractivity contribution in [3.8, 4) is 0 Å². The second kappa shape index (κ2) is 3.34. The summed E-state index contributed by atoms with van der Waals surface area (Å²) in [6, 6.07) is 0. The van der Waals surface area contributed by atoms with Crippen LogP contribution < -0.4 is 10.6 Å². The number of morpholine rings is 1. The van der Waals surface area contributed by atoms with E-state index in [0.717, 1.165) is 31.9 Å². The Bertz CT molecular complexity index is 341. The van der Waals surface area contributed by atoms with Crippen molar-refractivity contribution in [1.82, 2.24) is 9.97 Å². The van der Waals surface area contributed by atoms with Gasteiger partial charge in [-0.1, -0.05) is 0 Å². The predicted octanol–water partition coefficient (Wildman–Crippen LogP) is 0.426. The number of nitrogen functional groups attached to an aromatic ring is 1. The van der Waals surface area contributed by atoms with E-state index in [1.54, 1.807) is 12.4 Å². The first-order chi connectivity index (χ1) is 7.31. The van der Waals surface area contributed by atoms with Gasteiger partial charge in [-0.05, 0) is 12.8 Å². The normalized spacial score (nSPS) is 29.5. The third kappa shape index (κ3) is 1.63. The van der Waals surface area contributed by atoms with Crippen molar-refractivity contribution in [3.05, 3.63) is 12.4 Å². The van der Waals surface area contributed by atoms with Crippen molar-refractivity contribution in [2.45, 2.75) is 25.0 Å². The lowest BCUT2D eigenvalue weighted by Gasteiger charge is -2.31. The highest BCUT2D eigenvalue weighted by Crippen LogP contribution is 2.27. The average molecular weight is 206 g/mol. The SMILES string of the molecule is Nc1cnc(N2CC3CCC(C2)O3)nc1. The van der Waals surface area contributed by atoms with Gasteiger partial charge in [0, 0.05) is 13.1 Å². The summed E-state index contributed by atoms with van der Waals surface area (Å²) in [6.07, 6.45) is 6.36. The minimum absolute atomic E-state index is 0.366. The summed E-state index contributed by atoms with van der Waals surface area (Å²) in [6.45, 7) is 1.81. The molecule has 15 heavy (non-hydrogen) atoms. The van der Waals surface area contributed by atoms with Gasteiger partial charge < -0.3 is 15.4 Å². The molecule has 0 radical (unpaired) electrons. The van der Waals surface area contributed by atoms with E-state index in [0.29, 0.717) is 17.9 Å². The standard InChI is InChI=1S/C10H14N4O/c11-7-3-12-10(13-4-7)14-5-8-1-2-9(6-14)15-8/h3-4,8-9H,1-2,5-6,11H2. The summed E-state index contributed by atoms with van der Waals surface area (Å²) in [5.41, 5.74) is 6.16. The van der Waals surface area contributed by atoms with E-state index in [1.165, 1.54) is 0 Å². The van der Waals surface area contributed by atoms with Gasteiger partial charge in [-0.15, -0.1) is 0 Å². The molecule has 2 unspecified atom stereocenters. The molecule has 0 aromatic carbocycles. The average Bonchev–Trinajstić information content (AvgIpc) is 2.59. The highest BCUT2D eigenvalue weighted by atomic mass is 16.5. The zero-order valence-corrected chi connectivity index (χ0v) is 8.47. The number of aromatic nitrogens is 2. The van der Waals surface area contributed by atoms with E-state index in [2.05, 4.69) is 14.9 Å². The van der Waals surface area contributed by atoms with Gasteiger partial charge in [0.05, 0.1) is 30.3 Å². The number of nitrogens with zero attached hydrogens (tertiary/aromatic N) is 3. The van der Waals surface area contributed by atoms with Gasteiger partial charge in [-0.25, -0.2) is 9.97 Å². The van der Waals surface area contributed by atoms with Crippen molar-refractivity contribution in [3.63, 3.8) is 0 Å².